The predicted octanol–water partition coefficient (Wildman–Crippen LogP) is 3.72. The number of hydrogen-bond acceptors (Lipinski definition) is 7. The van der Waals surface area contributed by atoms with Gasteiger partial charge in [0.05, 0.1) is 7.11 Å². The molecule has 0 radical (unpaired) electrons. The minimum Gasteiger partial charge on any atom is -0.491 e. The predicted molar refractivity (Wildman–Crippen MR) is 113 cm³/mol. The first-order valence-corrected chi connectivity index (χ1v) is 10.0. The molecule has 0 aliphatic carbocycles. The Balaban J connectivity index is 1.53. The second-order valence-corrected chi connectivity index (χ2v) is 7.43. The average molecular weight is 427 g/mol. The summed E-state index contributed by atoms with van der Waals surface area (Å²) in [6.45, 7) is 4.05. The number of ether oxygens (including phenoxy) is 2. The van der Waals surface area contributed by atoms with Crippen molar-refractivity contribution in [2.75, 3.05) is 20.3 Å². The summed E-state index contributed by atoms with van der Waals surface area (Å²) < 4.78 is 29.7. The van der Waals surface area contributed by atoms with Crippen LogP contribution >= 0.6 is 0 Å². The number of hydrogen-bond donors (Lipinski definition) is 1. The molecule has 164 valence electrons. The van der Waals surface area contributed by atoms with Gasteiger partial charge in [0.25, 0.3) is 0 Å². The van der Waals surface area contributed by atoms with E-state index < -0.39 is 11.5 Å². The molecule has 7 nitrogen and oxygen atoms in total. The molecular weight excluding hydrogens is 401 g/mol. The third-order valence-electron chi connectivity index (χ3n) is 4.89. The molecule has 0 aliphatic rings. The Kier molecular flexibility index (Phi) is 7.36. The molecule has 8 heteroatoms. The number of methoxy groups -OCH3 is 1. The summed E-state index contributed by atoms with van der Waals surface area (Å²) in [4.78, 5) is 16.6. The van der Waals surface area contributed by atoms with Crippen molar-refractivity contribution in [2.24, 2.45) is 0 Å². The van der Waals surface area contributed by atoms with Crippen molar-refractivity contribution in [1.82, 2.24) is 15.5 Å². The smallest absolute Gasteiger partial charge is 0.329 e. The third kappa shape index (κ3) is 5.88. The highest BCUT2D eigenvalue weighted by Crippen LogP contribution is 2.19. The van der Waals surface area contributed by atoms with E-state index in [-0.39, 0.29) is 12.4 Å². The molecular formula is C23H26FN3O4. The third-order valence-corrected chi connectivity index (χ3v) is 4.89. The van der Waals surface area contributed by atoms with Crippen LogP contribution in [-0.2, 0) is 16.0 Å². The molecule has 0 amide bonds. The topological polar surface area (TPSA) is 86.5 Å². The molecule has 0 aliphatic heterocycles. The molecule has 1 unspecified atom stereocenters. The Morgan fingerprint density at radius 3 is 2.71 bits per heavy atom. The zero-order valence-electron chi connectivity index (χ0n) is 17.9. The average Bonchev–Trinajstić information content (AvgIpc) is 3.26. The molecule has 0 saturated carbocycles. The molecule has 1 atom stereocenters. The van der Waals surface area contributed by atoms with Crippen molar-refractivity contribution in [2.45, 2.75) is 32.2 Å². The number of rotatable bonds is 10. The fourth-order valence-electron chi connectivity index (χ4n) is 2.96. The number of carbonyl (C=O) groups excluding carboxylic acids is 1. The first-order chi connectivity index (χ1) is 14.9. The van der Waals surface area contributed by atoms with Gasteiger partial charge in [-0.3, -0.25) is 5.32 Å². The zero-order valence-corrected chi connectivity index (χ0v) is 17.9. The summed E-state index contributed by atoms with van der Waals surface area (Å²) in [5.41, 5.74) is 0.111. The largest absolute Gasteiger partial charge is 0.491 e. The molecule has 0 bridgehead atoms. The number of benzene rings is 2. The van der Waals surface area contributed by atoms with Gasteiger partial charge in [0, 0.05) is 12.0 Å². The van der Waals surface area contributed by atoms with Crippen LogP contribution in [0.25, 0.3) is 11.4 Å². The number of aryl methyl sites for hydroxylation is 2. The van der Waals surface area contributed by atoms with Crippen LogP contribution in [0, 0.1) is 12.7 Å². The van der Waals surface area contributed by atoms with E-state index in [1.165, 1.54) is 13.2 Å². The maximum absolute atomic E-state index is 13.8. The van der Waals surface area contributed by atoms with Crippen LogP contribution in [-0.4, -0.2) is 41.9 Å². The molecule has 2 aromatic carbocycles. The number of carbonyl (C=O) groups is 1. The van der Waals surface area contributed by atoms with Gasteiger partial charge in [0.2, 0.25) is 11.7 Å². The van der Waals surface area contributed by atoms with Gasteiger partial charge >= 0.3 is 5.97 Å². The van der Waals surface area contributed by atoms with Gasteiger partial charge in [0.1, 0.15) is 23.7 Å². The standard InChI is InChI=1S/C23H26FN3O4/c1-16-11-12-17(14-19(16)24)21-26-20(31-27-21)10-7-13-25-23(2,22(28)29-3)15-30-18-8-5-4-6-9-18/h4-6,8-9,11-12,14,25H,7,10,13,15H2,1-3H3. The summed E-state index contributed by atoms with van der Waals surface area (Å²) in [5.74, 6) is 0.735. The van der Waals surface area contributed by atoms with Crippen LogP contribution in [0.3, 0.4) is 0 Å². The summed E-state index contributed by atoms with van der Waals surface area (Å²) in [6, 6.07) is 14.1. The second kappa shape index (κ2) is 10.2. The number of nitrogens with zero attached hydrogens (tertiary/aromatic N) is 2. The van der Waals surface area contributed by atoms with Gasteiger partial charge in [-0.1, -0.05) is 35.5 Å². The first kappa shape index (κ1) is 22.4. The highest BCUT2D eigenvalue weighted by Gasteiger charge is 2.35. The number of para-hydroxylation sites is 1. The van der Waals surface area contributed by atoms with E-state index in [1.807, 2.05) is 30.3 Å². The van der Waals surface area contributed by atoms with E-state index >= 15 is 0 Å². The summed E-state index contributed by atoms with van der Waals surface area (Å²) in [6.07, 6.45) is 1.15. The Hall–Kier alpha value is -3.26. The van der Waals surface area contributed by atoms with E-state index in [9.17, 15) is 9.18 Å². The van der Waals surface area contributed by atoms with Crippen molar-refractivity contribution >= 4 is 5.97 Å². The van der Waals surface area contributed by atoms with Crippen LogP contribution in [0.1, 0.15) is 24.8 Å². The lowest BCUT2D eigenvalue weighted by Crippen LogP contribution is -2.54. The normalized spacial score (nSPS) is 12.9. The molecule has 3 aromatic rings. The Morgan fingerprint density at radius 2 is 2.00 bits per heavy atom. The molecule has 1 N–H and O–H groups in total. The Bertz CT molecular complexity index is 1010. The SMILES string of the molecule is COC(=O)C(C)(COc1ccccc1)NCCCc1nc(-c2ccc(C)c(F)c2)no1. The van der Waals surface area contributed by atoms with Gasteiger partial charge in [-0.15, -0.1) is 0 Å². The van der Waals surface area contributed by atoms with Gasteiger partial charge < -0.3 is 14.0 Å². The monoisotopic (exact) mass is 427 g/mol. The molecule has 0 saturated heterocycles. The maximum Gasteiger partial charge on any atom is 0.329 e. The van der Waals surface area contributed by atoms with E-state index in [1.54, 1.807) is 26.0 Å². The molecule has 1 heterocycles. The minimum atomic E-state index is -1.01. The lowest BCUT2D eigenvalue weighted by molar-refractivity contribution is -0.149. The number of aromatic nitrogens is 2. The van der Waals surface area contributed by atoms with Crippen LogP contribution in [0.4, 0.5) is 4.39 Å². The van der Waals surface area contributed by atoms with Gasteiger partial charge in [0.15, 0.2) is 0 Å². The van der Waals surface area contributed by atoms with Crippen molar-refractivity contribution in [3.8, 4) is 17.1 Å². The highest BCUT2D eigenvalue weighted by atomic mass is 19.1. The fraction of sp³-hybridized carbons (Fsp3) is 0.348. The highest BCUT2D eigenvalue weighted by molar-refractivity contribution is 5.80. The lowest BCUT2D eigenvalue weighted by atomic mass is 10.0. The maximum atomic E-state index is 13.8. The molecule has 0 spiro atoms. The number of esters is 1. The summed E-state index contributed by atoms with van der Waals surface area (Å²) >= 11 is 0. The van der Waals surface area contributed by atoms with E-state index in [0.29, 0.717) is 48.0 Å². The fourth-order valence-corrected chi connectivity index (χ4v) is 2.96. The van der Waals surface area contributed by atoms with Gasteiger partial charge in [-0.25, -0.2) is 9.18 Å². The van der Waals surface area contributed by atoms with Crippen LogP contribution in [0.15, 0.2) is 53.1 Å². The Morgan fingerprint density at radius 1 is 1.23 bits per heavy atom. The second-order valence-electron chi connectivity index (χ2n) is 7.43. The van der Waals surface area contributed by atoms with Crippen LogP contribution in [0.5, 0.6) is 5.75 Å². The van der Waals surface area contributed by atoms with Crippen molar-refractivity contribution in [3.63, 3.8) is 0 Å². The van der Waals surface area contributed by atoms with E-state index in [4.69, 9.17) is 14.0 Å². The van der Waals surface area contributed by atoms with Gasteiger partial charge in [-0.05, 0) is 50.6 Å². The van der Waals surface area contributed by atoms with E-state index in [2.05, 4.69) is 15.5 Å². The molecule has 31 heavy (non-hydrogen) atoms. The minimum absolute atomic E-state index is 0.118. The quantitative estimate of drug-likeness (QED) is 0.390. The van der Waals surface area contributed by atoms with Crippen LogP contribution < -0.4 is 10.1 Å². The molecule has 3 rings (SSSR count). The van der Waals surface area contributed by atoms with Crippen molar-refractivity contribution in [1.29, 1.82) is 0 Å². The number of nitrogens with one attached hydrogen (secondary N) is 1. The van der Waals surface area contributed by atoms with E-state index in [0.717, 1.165) is 0 Å². The molecule has 1 aromatic heterocycles. The lowest BCUT2D eigenvalue weighted by Gasteiger charge is -2.28. The summed E-state index contributed by atoms with van der Waals surface area (Å²) in [5, 5.41) is 7.12. The van der Waals surface area contributed by atoms with Crippen LogP contribution in [0.2, 0.25) is 0 Å². The zero-order chi connectivity index (χ0) is 22.3. The summed E-state index contributed by atoms with van der Waals surface area (Å²) in [7, 11) is 1.35. The van der Waals surface area contributed by atoms with Crippen molar-refractivity contribution in [3.05, 3.63) is 65.8 Å². The van der Waals surface area contributed by atoms with Gasteiger partial charge in [-0.2, -0.15) is 4.98 Å². The Labute approximate surface area is 180 Å². The number of halogens is 1. The molecule has 0 fully saturated rings. The first-order valence-electron chi connectivity index (χ1n) is 10.0. The van der Waals surface area contributed by atoms with Crippen molar-refractivity contribution < 1.29 is 23.2 Å².